The van der Waals surface area contributed by atoms with Gasteiger partial charge in [-0.05, 0) is 66.9 Å². The van der Waals surface area contributed by atoms with Crippen LogP contribution in [0, 0.1) is 13.8 Å². The fourth-order valence-electron chi connectivity index (χ4n) is 3.34. The lowest BCUT2D eigenvalue weighted by Crippen LogP contribution is -2.52. The van der Waals surface area contributed by atoms with Crippen molar-refractivity contribution in [3.63, 3.8) is 0 Å². The Morgan fingerprint density at radius 3 is 2.25 bits per heavy atom. The van der Waals surface area contributed by atoms with Gasteiger partial charge in [0.25, 0.3) is 11.8 Å². The molecule has 1 aromatic heterocycles. The third-order valence-electron chi connectivity index (χ3n) is 5.07. The molecule has 146 valence electrons. The van der Waals surface area contributed by atoms with E-state index >= 15 is 0 Å². The lowest BCUT2D eigenvalue weighted by atomic mass is 9.87. The van der Waals surface area contributed by atoms with E-state index in [0.717, 1.165) is 22.6 Å². The molecule has 1 aliphatic heterocycles. The first kappa shape index (κ1) is 20.0. The van der Waals surface area contributed by atoms with Crippen molar-refractivity contribution in [1.82, 2.24) is 14.8 Å². The first-order valence-electron chi connectivity index (χ1n) is 9.15. The molecular weight excluding hydrogens is 370 g/mol. The molecule has 1 saturated heterocycles. The Balaban J connectivity index is 2.02. The molecule has 0 atom stereocenters. The molecule has 1 N–H and O–H groups in total. The third-order valence-corrected chi connectivity index (χ3v) is 5.44. The summed E-state index contributed by atoms with van der Waals surface area (Å²) in [4.78, 5) is 26.0. The number of nitrogens with zero attached hydrogens (tertiary/aromatic N) is 2. The summed E-state index contributed by atoms with van der Waals surface area (Å²) in [6.07, 6.45) is 1.64. The first-order valence-corrected chi connectivity index (χ1v) is 9.56. The number of carbonyl (C=O) groups is 2. The molecule has 6 heteroatoms. The second-order valence-corrected chi connectivity index (χ2v) is 8.53. The highest BCUT2D eigenvalue weighted by atomic mass is 32.1. The van der Waals surface area contributed by atoms with Gasteiger partial charge >= 0.3 is 0 Å². The maximum atomic E-state index is 12.5. The quantitative estimate of drug-likeness (QED) is 0.480. The molecule has 0 spiro atoms. The van der Waals surface area contributed by atoms with E-state index in [9.17, 15) is 9.59 Å². The largest absolute Gasteiger partial charge is 0.318 e. The second-order valence-electron chi connectivity index (χ2n) is 8.14. The average Bonchev–Trinajstić information content (AvgIpc) is 2.89. The number of nitrogens with one attached hydrogen (secondary N) is 1. The van der Waals surface area contributed by atoms with Gasteiger partial charge in [0.2, 0.25) is 0 Å². The zero-order valence-electron chi connectivity index (χ0n) is 17.1. The molecule has 0 saturated carbocycles. The van der Waals surface area contributed by atoms with Crippen molar-refractivity contribution in [3.8, 4) is 5.69 Å². The number of aryl methyl sites for hydroxylation is 1. The third kappa shape index (κ3) is 3.52. The number of hydrogen-bond acceptors (Lipinski definition) is 3. The van der Waals surface area contributed by atoms with E-state index < -0.39 is 11.8 Å². The molecule has 2 amide bonds. The van der Waals surface area contributed by atoms with E-state index in [1.165, 1.54) is 10.5 Å². The summed E-state index contributed by atoms with van der Waals surface area (Å²) in [6.45, 7) is 10.6. The summed E-state index contributed by atoms with van der Waals surface area (Å²) >= 11 is 4.99. The first-order chi connectivity index (χ1) is 13.0. The predicted molar refractivity (Wildman–Crippen MR) is 115 cm³/mol. The molecule has 0 radical (unpaired) electrons. The van der Waals surface area contributed by atoms with Crippen LogP contribution in [0.4, 0.5) is 0 Å². The lowest BCUT2D eigenvalue weighted by molar-refractivity contribution is -0.128. The van der Waals surface area contributed by atoms with Crippen LogP contribution < -0.4 is 5.32 Å². The van der Waals surface area contributed by atoms with Crippen molar-refractivity contribution >= 4 is 35.2 Å². The number of benzene rings is 1. The van der Waals surface area contributed by atoms with Crippen LogP contribution in [0.1, 0.15) is 43.3 Å². The number of aromatic nitrogens is 1. The molecule has 1 aromatic carbocycles. The van der Waals surface area contributed by atoms with Gasteiger partial charge in [-0.2, -0.15) is 0 Å². The molecule has 28 heavy (non-hydrogen) atoms. The van der Waals surface area contributed by atoms with Crippen LogP contribution in [0.5, 0.6) is 0 Å². The van der Waals surface area contributed by atoms with E-state index in [0.29, 0.717) is 0 Å². The Morgan fingerprint density at radius 2 is 1.68 bits per heavy atom. The molecule has 5 nitrogen and oxygen atoms in total. The van der Waals surface area contributed by atoms with Crippen LogP contribution in [0.2, 0.25) is 0 Å². The Bertz CT molecular complexity index is 1010. The van der Waals surface area contributed by atoms with Gasteiger partial charge in [-0.15, -0.1) is 0 Å². The highest BCUT2D eigenvalue weighted by molar-refractivity contribution is 7.80. The van der Waals surface area contributed by atoms with Gasteiger partial charge in [0.15, 0.2) is 5.11 Å². The molecular formula is C22H25N3O2S. The fraction of sp³-hybridized carbons (Fsp3) is 0.318. The maximum absolute atomic E-state index is 12.5. The molecule has 2 heterocycles. The van der Waals surface area contributed by atoms with E-state index in [4.69, 9.17) is 12.2 Å². The van der Waals surface area contributed by atoms with Crippen LogP contribution >= 0.6 is 12.2 Å². The number of likely N-dealkylation sites (N-methyl/N-ethyl adjacent to an activating group) is 1. The lowest BCUT2D eigenvalue weighted by Gasteiger charge is -2.25. The summed E-state index contributed by atoms with van der Waals surface area (Å²) in [7, 11) is 1.55. The Morgan fingerprint density at radius 1 is 1.07 bits per heavy atom. The van der Waals surface area contributed by atoms with Crippen LogP contribution in [0.25, 0.3) is 11.8 Å². The standard InChI is InChI=1S/C22H25N3O2S/c1-13-11-15(12-18-19(26)23-21(28)24(6)20(18)27)14(2)25(13)17-9-7-16(8-10-17)22(3,4)5/h7-12H,1-6H3,(H,23,26,28)/b18-12+. The monoisotopic (exact) mass is 395 g/mol. The van der Waals surface area contributed by atoms with Gasteiger partial charge in [-0.1, -0.05) is 32.9 Å². The van der Waals surface area contributed by atoms with Crippen molar-refractivity contribution < 1.29 is 9.59 Å². The van der Waals surface area contributed by atoms with Crippen LogP contribution in [0.15, 0.2) is 35.9 Å². The minimum atomic E-state index is -0.465. The summed E-state index contributed by atoms with van der Waals surface area (Å²) in [6, 6.07) is 10.5. The summed E-state index contributed by atoms with van der Waals surface area (Å²) in [5.74, 6) is -0.861. The van der Waals surface area contributed by atoms with Crippen molar-refractivity contribution in [2.24, 2.45) is 0 Å². The van der Waals surface area contributed by atoms with Crippen LogP contribution in [-0.2, 0) is 15.0 Å². The minimum absolute atomic E-state index is 0.0828. The Hall–Kier alpha value is -2.73. The smallest absolute Gasteiger partial charge is 0.265 e. The van der Waals surface area contributed by atoms with Gasteiger partial charge in [-0.25, -0.2) is 0 Å². The number of hydrogen-bond donors (Lipinski definition) is 1. The van der Waals surface area contributed by atoms with Crippen LogP contribution in [-0.4, -0.2) is 33.4 Å². The van der Waals surface area contributed by atoms with Crippen molar-refractivity contribution in [1.29, 1.82) is 0 Å². The normalized spacial score (nSPS) is 16.7. The maximum Gasteiger partial charge on any atom is 0.265 e. The summed E-state index contributed by atoms with van der Waals surface area (Å²) in [5, 5.41) is 2.67. The number of carbonyl (C=O) groups excluding carboxylic acids is 2. The molecule has 0 bridgehead atoms. The predicted octanol–water partition coefficient (Wildman–Crippen LogP) is 3.65. The topological polar surface area (TPSA) is 54.3 Å². The molecule has 0 unspecified atom stereocenters. The van der Waals surface area contributed by atoms with E-state index in [1.54, 1.807) is 13.1 Å². The average molecular weight is 396 g/mol. The number of rotatable bonds is 2. The Labute approximate surface area is 171 Å². The fourth-order valence-corrected chi connectivity index (χ4v) is 3.52. The van der Waals surface area contributed by atoms with Gasteiger partial charge in [-0.3, -0.25) is 19.8 Å². The second kappa shape index (κ2) is 7.02. The molecule has 0 aliphatic carbocycles. The number of thiocarbonyl (C=S) groups is 1. The summed E-state index contributed by atoms with van der Waals surface area (Å²) in [5.41, 5.74) is 5.31. The molecule has 2 aromatic rings. The van der Waals surface area contributed by atoms with E-state index in [-0.39, 0.29) is 16.1 Å². The SMILES string of the molecule is Cc1cc(/C=C2\C(=O)NC(=S)N(C)C2=O)c(C)n1-c1ccc(C(C)(C)C)cc1. The molecule has 1 fully saturated rings. The van der Waals surface area contributed by atoms with Gasteiger partial charge < -0.3 is 4.57 Å². The van der Waals surface area contributed by atoms with Crippen molar-refractivity contribution in [2.75, 3.05) is 7.05 Å². The zero-order valence-corrected chi connectivity index (χ0v) is 17.9. The highest BCUT2D eigenvalue weighted by Crippen LogP contribution is 2.27. The van der Waals surface area contributed by atoms with E-state index in [2.05, 4.69) is 54.9 Å². The van der Waals surface area contributed by atoms with Gasteiger partial charge in [0.1, 0.15) is 5.57 Å². The van der Waals surface area contributed by atoms with Gasteiger partial charge in [0.05, 0.1) is 0 Å². The summed E-state index contributed by atoms with van der Waals surface area (Å²) < 4.78 is 2.12. The van der Waals surface area contributed by atoms with Crippen LogP contribution in [0.3, 0.4) is 0 Å². The molecule has 1 aliphatic rings. The minimum Gasteiger partial charge on any atom is -0.318 e. The van der Waals surface area contributed by atoms with Crippen molar-refractivity contribution in [3.05, 3.63) is 58.4 Å². The zero-order chi connectivity index (χ0) is 20.8. The van der Waals surface area contributed by atoms with E-state index in [1.807, 2.05) is 19.9 Å². The number of amides is 2. The Kier molecular flexibility index (Phi) is 5.02. The molecule has 3 rings (SSSR count). The van der Waals surface area contributed by atoms with Gasteiger partial charge in [0, 0.05) is 24.1 Å². The highest BCUT2D eigenvalue weighted by Gasteiger charge is 2.31. The van der Waals surface area contributed by atoms with Crippen molar-refractivity contribution in [2.45, 2.75) is 40.0 Å².